The van der Waals surface area contributed by atoms with E-state index in [1.807, 2.05) is 32.1 Å². The molecular formula is C36H38FN5. The van der Waals surface area contributed by atoms with Crippen LogP contribution in [0.2, 0.25) is 0 Å². The minimum absolute atomic E-state index is 0.283. The van der Waals surface area contributed by atoms with Gasteiger partial charge in [0.1, 0.15) is 11.5 Å². The van der Waals surface area contributed by atoms with Gasteiger partial charge in [-0.25, -0.2) is 4.39 Å². The standard InChI is InChI=1S/C36H38FN5/c1-6-26(19-31(7-2)39-24(4)27-12-9-8-10-13-27)28-16-17-34-32(20-28)36(42-41-34)25(5)40-35-22-38-21-33(23(35)3)29-14-11-15-30(37)18-29/h6-7,11,14-22,27,39-40H,2,4-5,8-10,12-13H2,1,3H3,(H,41,42)/b26-6+,31-19+. The number of nitrogens with zero attached hydrogens (tertiary/aromatic N) is 2. The second-order valence-corrected chi connectivity index (χ2v) is 10.8. The van der Waals surface area contributed by atoms with Crippen LogP contribution in [-0.4, -0.2) is 15.2 Å². The van der Waals surface area contributed by atoms with E-state index in [0.717, 1.165) is 61.5 Å². The van der Waals surface area contributed by atoms with Crippen LogP contribution in [-0.2, 0) is 0 Å². The van der Waals surface area contributed by atoms with Gasteiger partial charge in [0.2, 0.25) is 0 Å². The average Bonchev–Trinajstić information content (AvgIpc) is 3.44. The summed E-state index contributed by atoms with van der Waals surface area (Å²) in [5.41, 5.74) is 9.71. The Morgan fingerprint density at radius 1 is 1.07 bits per heavy atom. The number of hydrogen-bond acceptors (Lipinski definition) is 4. The number of fused-ring (bicyclic) bond motifs is 1. The van der Waals surface area contributed by atoms with Gasteiger partial charge in [-0.15, -0.1) is 0 Å². The number of H-pyrrole nitrogens is 1. The molecule has 0 saturated heterocycles. The second-order valence-electron chi connectivity index (χ2n) is 10.8. The minimum Gasteiger partial charge on any atom is -0.359 e. The molecule has 2 aromatic carbocycles. The molecule has 0 bridgehead atoms. The molecule has 6 heteroatoms. The van der Waals surface area contributed by atoms with Crippen LogP contribution in [0.3, 0.4) is 0 Å². The first-order valence-electron chi connectivity index (χ1n) is 14.5. The number of rotatable bonds is 10. The van der Waals surface area contributed by atoms with Crippen molar-refractivity contribution in [3.05, 3.63) is 127 Å². The number of hydrogen-bond donors (Lipinski definition) is 3. The number of aromatic nitrogens is 3. The van der Waals surface area contributed by atoms with Crippen LogP contribution in [0.4, 0.5) is 10.1 Å². The van der Waals surface area contributed by atoms with E-state index in [0.29, 0.717) is 11.6 Å². The molecule has 214 valence electrons. The fourth-order valence-electron chi connectivity index (χ4n) is 5.63. The Kier molecular flexibility index (Phi) is 8.82. The molecule has 2 heterocycles. The fraction of sp³-hybridized carbons (Fsp3) is 0.222. The molecule has 1 aliphatic rings. The van der Waals surface area contributed by atoms with Crippen molar-refractivity contribution in [3.63, 3.8) is 0 Å². The molecule has 0 atom stereocenters. The van der Waals surface area contributed by atoms with Gasteiger partial charge in [-0.1, -0.05) is 63.3 Å². The van der Waals surface area contributed by atoms with Gasteiger partial charge in [0, 0.05) is 28.5 Å². The summed E-state index contributed by atoms with van der Waals surface area (Å²) >= 11 is 0. The third kappa shape index (κ3) is 6.28. The highest BCUT2D eigenvalue weighted by molar-refractivity contribution is 5.95. The molecule has 0 aliphatic heterocycles. The summed E-state index contributed by atoms with van der Waals surface area (Å²) < 4.78 is 13.9. The Bertz CT molecular complexity index is 1700. The third-order valence-corrected chi connectivity index (χ3v) is 8.06. The maximum absolute atomic E-state index is 13.9. The van der Waals surface area contributed by atoms with E-state index < -0.39 is 0 Å². The van der Waals surface area contributed by atoms with Gasteiger partial charge in [0.25, 0.3) is 0 Å². The lowest BCUT2D eigenvalue weighted by Gasteiger charge is -2.25. The monoisotopic (exact) mass is 559 g/mol. The van der Waals surface area contributed by atoms with Crippen LogP contribution >= 0.6 is 0 Å². The molecular weight excluding hydrogens is 521 g/mol. The first-order chi connectivity index (χ1) is 20.4. The molecule has 0 amide bonds. The normalized spacial score (nSPS) is 14.5. The predicted molar refractivity (Wildman–Crippen MR) is 174 cm³/mol. The third-order valence-electron chi connectivity index (χ3n) is 8.06. The largest absolute Gasteiger partial charge is 0.359 e. The summed E-state index contributed by atoms with van der Waals surface area (Å²) in [5, 5.41) is 15.6. The first kappa shape index (κ1) is 28.8. The minimum atomic E-state index is -0.283. The van der Waals surface area contributed by atoms with Gasteiger partial charge in [0.15, 0.2) is 0 Å². The van der Waals surface area contributed by atoms with Crippen molar-refractivity contribution in [1.82, 2.24) is 20.5 Å². The number of nitrogens with one attached hydrogen (secondary N) is 3. The van der Waals surface area contributed by atoms with Gasteiger partial charge >= 0.3 is 0 Å². The topological polar surface area (TPSA) is 65.6 Å². The second kappa shape index (κ2) is 12.9. The van der Waals surface area contributed by atoms with Crippen molar-refractivity contribution >= 4 is 27.9 Å². The zero-order chi connectivity index (χ0) is 29.6. The lowest BCUT2D eigenvalue weighted by Crippen LogP contribution is -2.20. The van der Waals surface area contributed by atoms with Gasteiger partial charge < -0.3 is 10.6 Å². The maximum atomic E-state index is 13.9. The highest BCUT2D eigenvalue weighted by Gasteiger charge is 2.17. The number of allylic oxidation sites excluding steroid dienone is 5. The van der Waals surface area contributed by atoms with Crippen LogP contribution in [0, 0.1) is 18.7 Å². The lowest BCUT2D eigenvalue weighted by molar-refractivity contribution is 0.393. The number of pyridine rings is 1. The van der Waals surface area contributed by atoms with E-state index in [9.17, 15) is 4.39 Å². The fourth-order valence-corrected chi connectivity index (χ4v) is 5.63. The van der Waals surface area contributed by atoms with E-state index in [1.54, 1.807) is 18.5 Å². The molecule has 5 rings (SSSR count). The summed E-state index contributed by atoms with van der Waals surface area (Å²) in [6.45, 7) is 16.7. The van der Waals surface area contributed by atoms with Gasteiger partial charge in [-0.05, 0) is 91.3 Å². The van der Waals surface area contributed by atoms with E-state index >= 15 is 0 Å². The van der Waals surface area contributed by atoms with Crippen LogP contribution in [0.5, 0.6) is 0 Å². The van der Waals surface area contributed by atoms with E-state index in [-0.39, 0.29) is 5.82 Å². The molecule has 1 aliphatic carbocycles. The van der Waals surface area contributed by atoms with Crippen molar-refractivity contribution in [2.24, 2.45) is 5.92 Å². The van der Waals surface area contributed by atoms with Crippen molar-refractivity contribution < 1.29 is 4.39 Å². The Morgan fingerprint density at radius 2 is 1.88 bits per heavy atom. The average molecular weight is 560 g/mol. The summed E-state index contributed by atoms with van der Waals surface area (Å²) in [5.74, 6) is 0.224. The number of benzene rings is 2. The molecule has 5 nitrogen and oxygen atoms in total. The summed E-state index contributed by atoms with van der Waals surface area (Å²) in [4.78, 5) is 4.39. The van der Waals surface area contributed by atoms with Gasteiger partial charge in [-0.2, -0.15) is 5.10 Å². The number of aromatic amines is 1. The van der Waals surface area contributed by atoms with Crippen molar-refractivity contribution in [3.8, 4) is 11.1 Å². The summed E-state index contributed by atoms with van der Waals surface area (Å²) in [6.07, 6.45) is 15.8. The summed E-state index contributed by atoms with van der Waals surface area (Å²) in [7, 11) is 0. The van der Waals surface area contributed by atoms with Gasteiger partial charge in [0.05, 0.1) is 23.1 Å². The molecule has 1 fully saturated rings. The predicted octanol–water partition coefficient (Wildman–Crippen LogP) is 9.31. The van der Waals surface area contributed by atoms with Crippen LogP contribution in [0.25, 0.3) is 33.3 Å². The Balaban J connectivity index is 1.39. The quantitative estimate of drug-likeness (QED) is 0.169. The zero-order valence-corrected chi connectivity index (χ0v) is 24.4. The maximum Gasteiger partial charge on any atom is 0.123 e. The van der Waals surface area contributed by atoms with E-state index in [2.05, 4.69) is 69.8 Å². The van der Waals surface area contributed by atoms with E-state index in [1.165, 1.54) is 44.2 Å². The van der Waals surface area contributed by atoms with E-state index in [4.69, 9.17) is 0 Å². The highest BCUT2D eigenvalue weighted by Crippen LogP contribution is 2.32. The Hall–Kier alpha value is -4.71. The van der Waals surface area contributed by atoms with Crippen molar-refractivity contribution in [2.75, 3.05) is 5.32 Å². The molecule has 0 unspecified atom stereocenters. The number of anilines is 1. The van der Waals surface area contributed by atoms with Crippen LogP contribution in [0.1, 0.15) is 55.8 Å². The molecule has 0 radical (unpaired) electrons. The van der Waals surface area contributed by atoms with Crippen LogP contribution in [0.15, 0.2) is 104 Å². The number of halogens is 1. The summed E-state index contributed by atoms with van der Waals surface area (Å²) in [6, 6.07) is 12.8. The molecule has 3 N–H and O–H groups in total. The molecule has 42 heavy (non-hydrogen) atoms. The SMILES string of the molecule is C=C/C(=C\C(=C/C)c1ccc2[nH]nc(C(=C)Nc3cncc(-c4cccc(F)c4)c3C)c2c1)NC(=C)C1CCCCC1. The van der Waals surface area contributed by atoms with Crippen molar-refractivity contribution in [1.29, 1.82) is 0 Å². The zero-order valence-electron chi connectivity index (χ0n) is 24.4. The smallest absolute Gasteiger partial charge is 0.123 e. The highest BCUT2D eigenvalue weighted by atomic mass is 19.1. The molecule has 2 aromatic heterocycles. The van der Waals surface area contributed by atoms with Gasteiger partial charge in [-0.3, -0.25) is 10.1 Å². The molecule has 0 spiro atoms. The van der Waals surface area contributed by atoms with Crippen molar-refractivity contribution in [2.45, 2.75) is 46.0 Å². The lowest BCUT2D eigenvalue weighted by atomic mass is 9.87. The molecule has 4 aromatic rings. The molecule has 1 saturated carbocycles. The Labute approximate surface area is 247 Å². The van der Waals surface area contributed by atoms with Crippen LogP contribution < -0.4 is 10.6 Å². The Morgan fingerprint density at radius 3 is 2.62 bits per heavy atom. The first-order valence-corrected chi connectivity index (χ1v) is 14.5.